The lowest BCUT2D eigenvalue weighted by atomic mass is 10.00. The van der Waals surface area contributed by atoms with Crippen LogP contribution in [-0.4, -0.2) is 45.7 Å². The number of para-hydroxylation sites is 1. The van der Waals surface area contributed by atoms with Gasteiger partial charge in [-0.15, -0.1) is 0 Å². The Kier molecular flexibility index (Phi) is 6.89. The van der Waals surface area contributed by atoms with Crippen molar-refractivity contribution in [3.05, 3.63) is 93.3 Å². The molecule has 0 radical (unpaired) electrons. The van der Waals surface area contributed by atoms with Gasteiger partial charge in [0.15, 0.2) is 5.76 Å². The van der Waals surface area contributed by atoms with Crippen molar-refractivity contribution in [1.82, 2.24) is 19.8 Å². The van der Waals surface area contributed by atoms with Crippen LogP contribution in [0.5, 0.6) is 0 Å². The minimum Gasteiger partial charge on any atom is -0.454 e. The van der Waals surface area contributed by atoms with Gasteiger partial charge in [0.05, 0.1) is 34.9 Å². The summed E-state index contributed by atoms with van der Waals surface area (Å²) in [5.74, 6) is 0.258. The summed E-state index contributed by atoms with van der Waals surface area (Å²) in [6, 6.07) is 12.7. The van der Waals surface area contributed by atoms with Gasteiger partial charge in [-0.25, -0.2) is 0 Å². The van der Waals surface area contributed by atoms with Crippen LogP contribution in [-0.2, 0) is 13.1 Å². The number of halogens is 1. The molecule has 3 aromatic heterocycles. The Bertz CT molecular complexity index is 1430. The van der Waals surface area contributed by atoms with Crippen LogP contribution >= 0.6 is 11.6 Å². The molecular weight excluding hydrogens is 464 g/mol. The van der Waals surface area contributed by atoms with Gasteiger partial charge in [0.25, 0.3) is 11.8 Å². The smallest absolute Gasteiger partial charge is 0.289 e. The van der Waals surface area contributed by atoms with Gasteiger partial charge in [-0.3, -0.25) is 19.6 Å². The molecule has 35 heavy (non-hydrogen) atoms. The normalized spacial score (nSPS) is 11.0. The van der Waals surface area contributed by atoms with Gasteiger partial charge in [-0.05, 0) is 56.2 Å². The van der Waals surface area contributed by atoms with E-state index in [0.717, 1.165) is 27.7 Å². The summed E-state index contributed by atoms with van der Waals surface area (Å²) in [6.07, 6.45) is 1.72. The average molecular weight is 491 g/mol. The molecule has 2 amide bonds. The van der Waals surface area contributed by atoms with Crippen molar-refractivity contribution in [2.45, 2.75) is 33.9 Å². The number of carbonyl (C=O) groups is 2. The summed E-state index contributed by atoms with van der Waals surface area (Å²) in [5.41, 5.74) is 4.44. The number of pyridine rings is 2. The molecule has 3 heterocycles. The number of aromatic nitrogens is 2. The molecule has 0 atom stereocenters. The van der Waals surface area contributed by atoms with Crippen LogP contribution in [0, 0.1) is 20.8 Å². The first-order valence-electron chi connectivity index (χ1n) is 11.2. The van der Waals surface area contributed by atoms with E-state index in [-0.39, 0.29) is 30.7 Å². The fraction of sp³-hybridized carbons (Fsp3) is 0.259. The Morgan fingerprint density at radius 2 is 1.74 bits per heavy atom. The molecule has 0 aliphatic heterocycles. The van der Waals surface area contributed by atoms with E-state index < -0.39 is 0 Å². The second-order valence-electron chi connectivity index (χ2n) is 8.78. The first kappa shape index (κ1) is 24.4. The number of rotatable bonds is 6. The van der Waals surface area contributed by atoms with Crippen molar-refractivity contribution in [3.8, 4) is 0 Å². The Morgan fingerprint density at radius 3 is 2.46 bits per heavy atom. The molecule has 0 aliphatic carbocycles. The molecule has 0 fully saturated rings. The topological polar surface area (TPSA) is 79.5 Å². The number of nitrogens with zero attached hydrogens (tertiary/aromatic N) is 4. The first-order chi connectivity index (χ1) is 16.7. The highest BCUT2D eigenvalue weighted by atomic mass is 35.5. The molecule has 1 aromatic carbocycles. The maximum atomic E-state index is 14.1. The highest BCUT2D eigenvalue weighted by molar-refractivity contribution is 6.31. The molecule has 0 saturated carbocycles. The predicted octanol–water partition coefficient (Wildman–Crippen LogP) is 5.35. The number of carbonyl (C=O) groups excluding carboxylic acids is 2. The fourth-order valence-electron chi connectivity index (χ4n) is 3.91. The highest BCUT2D eigenvalue weighted by Gasteiger charge is 2.25. The van der Waals surface area contributed by atoms with E-state index in [1.54, 1.807) is 37.3 Å². The largest absolute Gasteiger partial charge is 0.454 e. The van der Waals surface area contributed by atoms with Crippen molar-refractivity contribution >= 4 is 34.3 Å². The Labute approximate surface area is 209 Å². The van der Waals surface area contributed by atoms with Gasteiger partial charge in [-0.2, -0.15) is 0 Å². The molecule has 0 saturated heterocycles. The Balaban J connectivity index is 1.77. The number of hydrogen-bond acceptors (Lipinski definition) is 5. The van der Waals surface area contributed by atoms with E-state index in [0.29, 0.717) is 22.0 Å². The molecule has 0 unspecified atom stereocenters. The summed E-state index contributed by atoms with van der Waals surface area (Å²) >= 11 is 6.48. The molecule has 8 heteroatoms. The zero-order chi connectivity index (χ0) is 25.3. The van der Waals surface area contributed by atoms with E-state index in [9.17, 15) is 9.59 Å². The van der Waals surface area contributed by atoms with Crippen LogP contribution < -0.4 is 0 Å². The van der Waals surface area contributed by atoms with E-state index in [1.807, 2.05) is 51.1 Å². The van der Waals surface area contributed by atoms with Crippen LogP contribution in [0.3, 0.4) is 0 Å². The lowest BCUT2D eigenvalue weighted by Crippen LogP contribution is -2.31. The fourth-order valence-corrected chi connectivity index (χ4v) is 4.19. The monoisotopic (exact) mass is 490 g/mol. The van der Waals surface area contributed by atoms with E-state index in [1.165, 1.54) is 4.90 Å². The highest BCUT2D eigenvalue weighted by Crippen LogP contribution is 2.27. The summed E-state index contributed by atoms with van der Waals surface area (Å²) in [6.45, 7) is 6.02. The number of amides is 2. The molecule has 0 aliphatic rings. The zero-order valence-corrected chi connectivity index (χ0v) is 21.2. The second-order valence-corrected chi connectivity index (χ2v) is 9.19. The maximum Gasteiger partial charge on any atom is 0.289 e. The number of hydrogen-bond donors (Lipinski definition) is 0. The third-order valence-corrected chi connectivity index (χ3v) is 6.23. The van der Waals surface area contributed by atoms with Gasteiger partial charge in [0, 0.05) is 31.4 Å². The third kappa shape index (κ3) is 5.05. The van der Waals surface area contributed by atoms with Crippen molar-refractivity contribution in [2.24, 2.45) is 0 Å². The third-order valence-electron chi connectivity index (χ3n) is 5.90. The molecule has 0 bridgehead atoms. The number of furan rings is 1. The Hall–Kier alpha value is -3.71. The van der Waals surface area contributed by atoms with E-state index in [2.05, 4.69) is 9.97 Å². The van der Waals surface area contributed by atoms with Crippen molar-refractivity contribution in [1.29, 1.82) is 0 Å². The Morgan fingerprint density at radius 1 is 1.00 bits per heavy atom. The van der Waals surface area contributed by atoms with E-state index >= 15 is 0 Å². The molecule has 180 valence electrons. The zero-order valence-electron chi connectivity index (χ0n) is 20.4. The number of aryl methyl sites for hydroxylation is 2. The summed E-state index contributed by atoms with van der Waals surface area (Å²) < 4.78 is 5.80. The number of benzene rings is 1. The van der Waals surface area contributed by atoms with Crippen LogP contribution in [0.15, 0.2) is 53.1 Å². The molecular formula is C27H27ClN4O3. The molecule has 0 N–H and O–H groups in total. The van der Waals surface area contributed by atoms with Gasteiger partial charge in [0.1, 0.15) is 5.76 Å². The van der Waals surface area contributed by atoms with Crippen molar-refractivity contribution < 1.29 is 14.0 Å². The quantitative estimate of drug-likeness (QED) is 0.364. The minimum absolute atomic E-state index is 0.139. The summed E-state index contributed by atoms with van der Waals surface area (Å²) in [4.78, 5) is 38.6. The lowest BCUT2D eigenvalue weighted by molar-refractivity contribution is 0.0713. The van der Waals surface area contributed by atoms with Crippen LogP contribution in [0.1, 0.15) is 49.2 Å². The van der Waals surface area contributed by atoms with Gasteiger partial charge >= 0.3 is 0 Å². The average Bonchev–Trinajstić information content (AvgIpc) is 3.28. The molecule has 4 aromatic rings. The minimum atomic E-state index is -0.246. The standard InChI is InChI=1S/C27H27ClN4O3/c1-16-12-21(28)23(29-13-16)15-32(14-19-10-11-24(35-19)26(33)31(4)5)27(34)25-17(2)18(3)30-22-9-7-6-8-20(22)25/h6-13H,14-15H2,1-5H3. The summed E-state index contributed by atoms with van der Waals surface area (Å²) in [5, 5.41) is 1.26. The SMILES string of the molecule is Cc1cnc(CN(Cc2ccc(C(=O)N(C)C)o2)C(=O)c2c(C)c(C)nc3ccccc23)c(Cl)c1. The number of fused-ring (bicyclic) bond motifs is 1. The second kappa shape index (κ2) is 9.88. The van der Waals surface area contributed by atoms with Crippen molar-refractivity contribution in [2.75, 3.05) is 14.1 Å². The van der Waals surface area contributed by atoms with Crippen LogP contribution in [0.2, 0.25) is 5.02 Å². The lowest BCUT2D eigenvalue weighted by Gasteiger charge is -2.24. The predicted molar refractivity (Wildman–Crippen MR) is 136 cm³/mol. The molecule has 0 spiro atoms. The van der Waals surface area contributed by atoms with E-state index in [4.69, 9.17) is 16.0 Å². The molecule has 7 nitrogen and oxygen atoms in total. The van der Waals surface area contributed by atoms with Gasteiger partial charge in [0.2, 0.25) is 0 Å². The molecule has 4 rings (SSSR count). The van der Waals surface area contributed by atoms with Crippen LogP contribution in [0.4, 0.5) is 0 Å². The van der Waals surface area contributed by atoms with Gasteiger partial charge in [-0.1, -0.05) is 29.8 Å². The van der Waals surface area contributed by atoms with Gasteiger partial charge < -0.3 is 14.2 Å². The van der Waals surface area contributed by atoms with Crippen LogP contribution in [0.25, 0.3) is 10.9 Å². The van der Waals surface area contributed by atoms with Crippen molar-refractivity contribution in [3.63, 3.8) is 0 Å². The maximum absolute atomic E-state index is 14.1. The first-order valence-corrected chi connectivity index (χ1v) is 11.6. The summed E-state index contributed by atoms with van der Waals surface area (Å²) in [7, 11) is 3.32.